The van der Waals surface area contributed by atoms with E-state index in [0.29, 0.717) is 11.6 Å². The first kappa shape index (κ1) is 15.2. The van der Waals surface area contributed by atoms with Crippen LogP contribution < -0.4 is 10.6 Å². The second kappa shape index (κ2) is 6.99. The van der Waals surface area contributed by atoms with Crippen LogP contribution in [0.2, 0.25) is 0 Å². The van der Waals surface area contributed by atoms with Gasteiger partial charge in [-0.15, -0.1) is 0 Å². The highest BCUT2D eigenvalue weighted by atomic mass is 16.6. The maximum atomic E-state index is 11.9. The normalized spacial score (nSPS) is 22.1. The summed E-state index contributed by atoms with van der Waals surface area (Å²) in [5, 5.41) is 17.1. The topological polar surface area (TPSA) is 84.3 Å². The van der Waals surface area contributed by atoms with Gasteiger partial charge in [0.25, 0.3) is 5.69 Å². The minimum absolute atomic E-state index is 0.00274. The number of piperidine rings is 1. The molecule has 1 aromatic carbocycles. The molecular formula is C15H19N3O3. The number of hydrogen-bond acceptors (Lipinski definition) is 4. The first-order valence-electron chi connectivity index (χ1n) is 7.01. The minimum atomic E-state index is -0.452. The zero-order valence-corrected chi connectivity index (χ0v) is 11.9. The van der Waals surface area contributed by atoms with Gasteiger partial charge in [0.05, 0.1) is 10.5 Å². The van der Waals surface area contributed by atoms with Crippen molar-refractivity contribution in [2.24, 2.45) is 0 Å². The number of amides is 1. The van der Waals surface area contributed by atoms with Crippen molar-refractivity contribution in [3.05, 3.63) is 46.0 Å². The maximum Gasteiger partial charge on any atom is 0.276 e. The molecule has 1 aliphatic heterocycles. The second-order valence-electron chi connectivity index (χ2n) is 5.23. The van der Waals surface area contributed by atoms with Crippen LogP contribution in [-0.4, -0.2) is 29.5 Å². The Bertz CT molecular complexity index is 557. The Morgan fingerprint density at radius 1 is 1.48 bits per heavy atom. The van der Waals surface area contributed by atoms with Crippen molar-refractivity contribution in [2.45, 2.75) is 31.8 Å². The summed E-state index contributed by atoms with van der Waals surface area (Å²) in [6, 6.07) is 6.90. The third-order valence-corrected chi connectivity index (χ3v) is 3.52. The maximum absolute atomic E-state index is 11.9. The average Bonchev–Trinajstić information content (AvgIpc) is 2.45. The van der Waals surface area contributed by atoms with E-state index in [4.69, 9.17) is 0 Å². The number of nitrogens with zero attached hydrogens (tertiary/aromatic N) is 1. The lowest BCUT2D eigenvalue weighted by Gasteiger charge is -2.28. The van der Waals surface area contributed by atoms with Crippen LogP contribution in [0.1, 0.15) is 25.3 Å². The van der Waals surface area contributed by atoms with Gasteiger partial charge in [-0.3, -0.25) is 14.9 Å². The van der Waals surface area contributed by atoms with Crippen molar-refractivity contribution in [3.63, 3.8) is 0 Å². The van der Waals surface area contributed by atoms with Crippen LogP contribution >= 0.6 is 0 Å². The number of nitro benzene ring substituents is 1. The lowest BCUT2D eigenvalue weighted by atomic mass is 10.0. The number of nitro groups is 1. The van der Waals surface area contributed by atoms with Gasteiger partial charge in [-0.25, -0.2) is 0 Å². The van der Waals surface area contributed by atoms with Crippen molar-refractivity contribution in [1.82, 2.24) is 10.6 Å². The highest BCUT2D eigenvalue weighted by molar-refractivity contribution is 5.92. The summed E-state index contributed by atoms with van der Waals surface area (Å²) in [6.07, 6.45) is 4.63. The Kier molecular flexibility index (Phi) is 5.05. The Morgan fingerprint density at radius 3 is 2.95 bits per heavy atom. The van der Waals surface area contributed by atoms with E-state index < -0.39 is 4.92 Å². The molecule has 112 valence electrons. The van der Waals surface area contributed by atoms with Gasteiger partial charge in [-0.1, -0.05) is 12.1 Å². The Hall–Kier alpha value is -2.21. The molecule has 2 atom stereocenters. The molecule has 2 N–H and O–H groups in total. The minimum Gasteiger partial charge on any atom is -0.350 e. The molecule has 0 saturated carbocycles. The Labute approximate surface area is 123 Å². The smallest absolute Gasteiger partial charge is 0.276 e. The van der Waals surface area contributed by atoms with E-state index in [1.165, 1.54) is 18.2 Å². The SMILES string of the molecule is CC1CC(NC(=O)/C=C/c2ccccc2[N+](=O)[O-])CCN1. The molecule has 2 unspecified atom stereocenters. The van der Waals surface area contributed by atoms with E-state index in [1.54, 1.807) is 18.2 Å². The van der Waals surface area contributed by atoms with Gasteiger partial charge in [-0.05, 0) is 38.5 Å². The number of rotatable bonds is 4. The molecule has 1 heterocycles. The van der Waals surface area contributed by atoms with Crippen LogP contribution in [0.25, 0.3) is 6.08 Å². The summed E-state index contributed by atoms with van der Waals surface area (Å²) >= 11 is 0. The van der Waals surface area contributed by atoms with E-state index >= 15 is 0 Å². The van der Waals surface area contributed by atoms with E-state index in [9.17, 15) is 14.9 Å². The molecule has 6 nitrogen and oxygen atoms in total. The lowest BCUT2D eigenvalue weighted by Crippen LogP contribution is -2.46. The van der Waals surface area contributed by atoms with E-state index in [-0.39, 0.29) is 17.6 Å². The molecule has 0 aromatic heterocycles. The predicted octanol–water partition coefficient (Wildman–Crippen LogP) is 1.86. The summed E-state index contributed by atoms with van der Waals surface area (Å²) in [5.41, 5.74) is 0.424. The second-order valence-corrected chi connectivity index (χ2v) is 5.23. The molecule has 0 spiro atoms. The number of carbonyl (C=O) groups excluding carboxylic acids is 1. The molecule has 1 aliphatic rings. The van der Waals surface area contributed by atoms with Gasteiger partial charge < -0.3 is 10.6 Å². The van der Waals surface area contributed by atoms with E-state index in [0.717, 1.165) is 19.4 Å². The molecule has 0 aliphatic carbocycles. The van der Waals surface area contributed by atoms with Gasteiger partial charge >= 0.3 is 0 Å². The molecule has 21 heavy (non-hydrogen) atoms. The summed E-state index contributed by atoms with van der Waals surface area (Å²) in [5.74, 6) is -0.216. The molecule has 1 saturated heterocycles. The fraction of sp³-hybridized carbons (Fsp3) is 0.400. The molecule has 1 fully saturated rings. The average molecular weight is 289 g/mol. The van der Waals surface area contributed by atoms with Gasteiger partial charge in [0, 0.05) is 24.2 Å². The largest absolute Gasteiger partial charge is 0.350 e. The summed E-state index contributed by atoms with van der Waals surface area (Å²) < 4.78 is 0. The van der Waals surface area contributed by atoms with Crippen LogP contribution in [0.3, 0.4) is 0 Å². The number of para-hydroxylation sites is 1. The Morgan fingerprint density at radius 2 is 2.24 bits per heavy atom. The fourth-order valence-corrected chi connectivity index (χ4v) is 2.47. The van der Waals surface area contributed by atoms with Crippen molar-refractivity contribution < 1.29 is 9.72 Å². The fourth-order valence-electron chi connectivity index (χ4n) is 2.47. The highest BCUT2D eigenvalue weighted by Gasteiger charge is 2.19. The van der Waals surface area contributed by atoms with Gasteiger partial charge in [-0.2, -0.15) is 0 Å². The molecule has 0 bridgehead atoms. The number of hydrogen-bond donors (Lipinski definition) is 2. The first-order valence-corrected chi connectivity index (χ1v) is 7.01. The Balaban J connectivity index is 1.97. The van der Waals surface area contributed by atoms with Crippen LogP contribution in [0.4, 0.5) is 5.69 Å². The van der Waals surface area contributed by atoms with Crippen LogP contribution in [0, 0.1) is 10.1 Å². The zero-order valence-electron chi connectivity index (χ0n) is 11.9. The van der Waals surface area contributed by atoms with Crippen LogP contribution in [0.5, 0.6) is 0 Å². The number of nitrogens with one attached hydrogen (secondary N) is 2. The van der Waals surface area contributed by atoms with Crippen LogP contribution in [0.15, 0.2) is 30.3 Å². The molecule has 1 aromatic rings. The lowest BCUT2D eigenvalue weighted by molar-refractivity contribution is -0.385. The molecular weight excluding hydrogens is 270 g/mol. The number of benzene rings is 1. The van der Waals surface area contributed by atoms with Gasteiger partial charge in [0.15, 0.2) is 0 Å². The van der Waals surface area contributed by atoms with Crippen molar-refractivity contribution in [1.29, 1.82) is 0 Å². The van der Waals surface area contributed by atoms with E-state index in [2.05, 4.69) is 17.6 Å². The highest BCUT2D eigenvalue weighted by Crippen LogP contribution is 2.18. The predicted molar refractivity (Wildman–Crippen MR) is 80.8 cm³/mol. The third-order valence-electron chi connectivity index (χ3n) is 3.52. The molecule has 6 heteroatoms. The summed E-state index contributed by atoms with van der Waals surface area (Å²) in [4.78, 5) is 22.3. The monoisotopic (exact) mass is 289 g/mol. The standard InChI is InChI=1S/C15H19N3O3/c1-11-10-13(8-9-16-11)17-15(19)7-6-12-4-2-3-5-14(12)18(20)21/h2-7,11,13,16H,8-10H2,1H3,(H,17,19)/b7-6+. The van der Waals surface area contributed by atoms with Crippen molar-refractivity contribution in [3.8, 4) is 0 Å². The molecule has 2 rings (SSSR count). The number of carbonyl (C=O) groups is 1. The zero-order chi connectivity index (χ0) is 15.2. The van der Waals surface area contributed by atoms with Gasteiger partial charge in [0.1, 0.15) is 0 Å². The van der Waals surface area contributed by atoms with Crippen molar-refractivity contribution in [2.75, 3.05) is 6.54 Å². The molecule has 1 amide bonds. The summed E-state index contributed by atoms with van der Waals surface area (Å²) in [6.45, 7) is 2.97. The third kappa shape index (κ3) is 4.39. The molecule has 0 radical (unpaired) electrons. The van der Waals surface area contributed by atoms with Gasteiger partial charge in [0.2, 0.25) is 5.91 Å². The first-order chi connectivity index (χ1) is 10.1. The van der Waals surface area contributed by atoms with Crippen LogP contribution in [-0.2, 0) is 4.79 Å². The van der Waals surface area contributed by atoms with Crippen molar-refractivity contribution >= 4 is 17.7 Å². The van der Waals surface area contributed by atoms with E-state index in [1.807, 2.05) is 0 Å². The quantitative estimate of drug-likeness (QED) is 0.503. The summed E-state index contributed by atoms with van der Waals surface area (Å²) in [7, 11) is 0.